The van der Waals surface area contributed by atoms with Crippen molar-refractivity contribution in [2.45, 2.75) is 26.1 Å². The van der Waals surface area contributed by atoms with Crippen LogP contribution in [0.3, 0.4) is 0 Å². The van der Waals surface area contributed by atoms with E-state index in [0.717, 1.165) is 0 Å². The van der Waals surface area contributed by atoms with E-state index < -0.39 is 8.07 Å². The van der Waals surface area contributed by atoms with Gasteiger partial charge in [-0.2, -0.15) is 0 Å². The summed E-state index contributed by atoms with van der Waals surface area (Å²) in [7, 11) is -0.0241. The molecule has 0 aliphatic carbocycles. The van der Waals surface area contributed by atoms with Gasteiger partial charge in [-0.15, -0.1) is 5.54 Å². The summed E-state index contributed by atoms with van der Waals surface area (Å²) in [5, 5.41) is 0. The zero-order valence-corrected chi connectivity index (χ0v) is 11.1. The number of carbonyl (C=O) groups excluding carboxylic acids is 1. The zero-order chi connectivity index (χ0) is 12.2. The number of rotatable bonds is 2. The van der Waals surface area contributed by atoms with Gasteiger partial charge in [0.05, 0.1) is 7.11 Å². The van der Waals surface area contributed by atoms with E-state index in [1.165, 1.54) is 7.11 Å². The molecule has 0 amide bonds. The highest BCUT2D eigenvalue weighted by atomic mass is 28.3. The van der Waals surface area contributed by atoms with Crippen LogP contribution in [0.2, 0.25) is 19.6 Å². The third-order valence-electron chi connectivity index (χ3n) is 1.77. The number of esters is 1. The molecule has 0 saturated heterocycles. The lowest BCUT2D eigenvalue weighted by Crippen LogP contribution is -2.16. The molecule has 1 heterocycles. The molecule has 1 aromatic heterocycles. The van der Waals surface area contributed by atoms with Crippen molar-refractivity contribution in [2.24, 2.45) is 0 Å². The maximum absolute atomic E-state index is 11.0. The smallest absolute Gasteiger partial charge is 0.313 e. The van der Waals surface area contributed by atoms with Gasteiger partial charge >= 0.3 is 5.97 Å². The van der Waals surface area contributed by atoms with Gasteiger partial charge in [-0.1, -0.05) is 19.6 Å². The van der Waals surface area contributed by atoms with E-state index >= 15 is 0 Å². The van der Waals surface area contributed by atoms with Gasteiger partial charge in [0.1, 0.15) is 20.3 Å². The Balaban J connectivity index is 2.71. The standard InChI is InChI=1S/C12H16O3Si/c1-14-12(13)9-11-6-5-10(15-11)7-8-16(2,3)4/h5-6H,9H2,1-4H3. The van der Waals surface area contributed by atoms with Gasteiger partial charge in [0.2, 0.25) is 0 Å². The lowest BCUT2D eigenvalue weighted by Gasteiger charge is -2.02. The van der Waals surface area contributed by atoms with Crippen molar-refractivity contribution in [3.63, 3.8) is 0 Å². The van der Waals surface area contributed by atoms with Gasteiger partial charge in [0.25, 0.3) is 0 Å². The highest BCUT2D eigenvalue weighted by Gasteiger charge is 2.09. The van der Waals surface area contributed by atoms with Crippen LogP contribution in [0.4, 0.5) is 0 Å². The van der Waals surface area contributed by atoms with Crippen molar-refractivity contribution in [1.29, 1.82) is 0 Å². The monoisotopic (exact) mass is 236 g/mol. The molecule has 0 saturated carbocycles. The molecule has 3 nitrogen and oxygen atoms in total. The van der Waals surface area contributed by atoms with Crippen LogP contribution >= 0.6 is 0 Å². The number of furan rings is 1. The third kappa shape index (κ3) is 4.37. The Labute approximate surface area is 96.8 Å². The fourth-order valence-corrected chi connectivity index (χ4v) is 1.50. The first kappa shape index (κ1) is 12.6. The van der Waals surface area contributed by atoms with Crippen LogP contribution in [0.25, 0.3) is 0 Å². The van der Waals surface area contributed by atoms with E-state index in [0.29, 0.717) is 11.5 Å². The topological polar surface area (TPSA) is 39.4 Å². The summed E-state index contributed by atoms with van der Waals surface area (Å²) >= 11 is 0. The molecule has 0 spiro atoms. The Hall–Kier alpha value is -1.47. The van der Waals surface area contributed by atoms with Crippen LogP contribution in [-0.2, 0) is 16.0 Å². The first-order valence-corrected chi connectivity index (χ1v) is 8.59. The van der Waals surface area contributed by atoms with Crippen LogP contribution in [0.15, 0.2) is 16.5 Å². The van der Waals surface area contributed by atoms with Gasteiger partial charge in [-0.25, -0.2) is 0 Å². The second kappa shape index (κ2) is 5.04. The SMILES string of the molecule is COC(=O)Cc1ccc(C#C[Si](C)(C)C)o1. The number of methoxy groups -OCH3 is 1. The summed E-state index contributed by atoms with van der Waals surface area (Å²) in [5.41, 5.74) is 3.20. The van der Waals surface area contributed by atoms with E-state index in [-0.39, 0.29) is 12.4 Å². The van der Waals surface area contributed by atoms with Crippen LogP contribution in [-0.4, -0.2) is 21.2 Å². The lowest BCUT2D eigenvalue weighted by atomic mass is 10.3. The Morgan fingerprint density at radius 1 is 1.44 bits per heavy atom. The predicted molar refractivity (Wildman–Crippen MR) is 64.7 cm³/mol. The van der Waals surface area contributed by atoms with Crippen molar-refractivity contribution in [3.05, 3.63) is 23.7 Å². The molecule has 1 aromatic rings. The van der Waals surface area contributed by atoms with Crippen molar-refractivity contribution >= 4 is 14.0 Å². The Morgan fingerprint density at radius 3 is 2.69 bits per heavy atom. The van der Waals surface area contributed by atoms with Crippen molar-refractivity contribution < 1.29 is 13.9 Å². The fourth-order valence-electron chi connectivity index (χ4n) is 1.00. The van der Waals surface area contributed by atoms with E-state index in [1.54, 1.807) is 12.1 Å². The number of ether oxygens (including phenoxy) is 1. The van der Waals surface area contributed by atoms with E-state index in [4.69, 9.17) is 4.42 Å². The highest BCUT2D eigenvalue weighted by Crippen LogP contribution is 2.08. The van der Waals surface area contributed by atoms with E-state index in [9.17, 15) is 4.79 Å². The largest absolute Gasteiger partial charge is 0.469 e. The maximum atomic E-state index is 11.0. The van der Waals surface area contributed by atoms with Crippen molar-refractivity contribution in [3.8, 4) is 11.5 Å². The molecule has 86 valence electrons. The van der Waals surface area contributed by atoms with E-state index in [2.05, 4.69) is 35.8 Å². The molecular weight excluding hydrogens is 220 g/mol. The molecule has 0 fully saturated rings. The zero-order valence-electron chi connectivity index (χ0n) is 10.1. The van der Waals surface area contributed by atoms with Crippen LogP contribution in [0, 0.1) is 11.5 Å². The Bertz CT molecular complexity index is 429. The second-order valence-electron chi connectivity index (χ2n) is 4.52. The highest BCUT2D eigenvalue weighted by molar-refractivity contribution is 6.83. The number of hydrogen-bond acceptors (Lipinski definition) is 3. The average molecular weight is 236 g/mol. The normalized spacial score (nSPS) is 10.5. The summed E-state index contributed by atoms with van der Waals surface area (Å²) in [6.07, 6.45) is 0.158. The molecular formula is C12H16O3Si. The quantitative estimate of drug-likeness (QED) is 0.449. The average Bonchev–Trinajstić information content (AvgIpc) is 2.61. The number of hydrogen-bond donors (Lipinski definition) is 0. The van der Waals surface area contributed by atoms with Gasteiger partial charge < -0.3 is 9.15 Å². The van der Waals surface area contributed by atoms with Crippen LogP contribution in [0.5, 0.6) is 0 Å². The lowest BCUT2D eigenvalue weighted by molar-refractivity contribution is -0.140. The Morgan fingerprint density at radius 2 is 2.12 bits per heavy atom. The van der Waals surface area contributed by atoms with Crippen molar-refractivity contribution in [1.82, 2.24) is 0 Å². The predicted octanol–water partition coefficient (Wildman–Crippen LogP) is 2.22. The second-order valence-corrected chi connectivity index (χ2v) is 9.27. The number of carbonyl (C=O) groups is 1. The molecule has 0 atom stereocenters. The summed E-state index contributed by atoms with van der Waals surface area (Å²) in [4.78, 5) is 11.0. The van der Waals surface area contributed by atoms with Crippen molar-refractivity contribution in [2.75, 3.05) is 7.11 Å². The first-order chi connectivity index (χ1) is 7.40. The van der Waals surface area contributed by atoms with E-state index in [1.807, 2.05) is 0 Å². The fraction of sp³-hybridized carbons (Fsp3) is 0.417. The summed E-state index contributed by atoms with van der Waals surface area (Å²) in [6, 6.07) is 3.54. The van der Waals surface area contributed by atoms with Gasteiger partial charge in [0, 0.05) is 0 Å². The molecule has 16 heavy (non-hydrogen) atoms. The van der Waals surface area contributed by atoms with Gasteiger partial charge in [-0.3, -0.25) is 4.79 Å². The van der Waals surface area contributed by atoms with Gasteiger partial charge in [0.15, 0.2) is 5.76 Å². The minimum Gasteiger partial charge on any atom is -0.469 e. The summed E-state index contributed by atoms with van der Waals surface area (Å²) < 4.78 is 9.95. The molecule has 0 radical (unpaired) electrons. The molecule has 0 aromatic carbocycles. The molecule has 1 rings (SSSR count). The minimum absolute atomic E-state index is 0.158. The maximum Gasteiger partial charge on any atom is 0.313 e. The van der Waals surface area contributed by atoms with Crippen LogP contribution in [0.1, 0.15) is 11.5 Å². The molecule has 4 heteroatoms. The van der Waals surface area contributed by atoms with Gasteiger partial charge in [-0.05, 0) is 18.1 Å². The summed E-state index contributed by atoms with van der Waals surface area (Å²) in [6.45, 7) is 6.49. The summed E-state index contributed by atoms with van der Waals surface area (Å²) in [5.74, 6) is 3.88. The molecule has 0 aliphatic rings. The molecule has 0 unspecified atom stereocenters. The van der Waals surface area contributed by atoms with Crippen LogP contribution < -0.4 is 0 Å². The molecule has 0 aliphatic heterocycles. The Kier molecular flexibility index (Phi) is 3.97. The third-order valence-corrected chi connectivity index (χ3v) is 2.64. The molecule has 0 N–H and O–H groups in total. The minimum atomic E-state index is -1.38. The molecule has 0 bridgehead atoms. The first-order valence-electron chi connectivity index (χ1n) is 5.09.